The molecule has 3 aromatic rings. The van der Waals surface area contributed by atoms with Crippen molar-refractivity contribution in [2.24, 2.45) is 0 Å². The van der Waals surface area contributed by atoms with Gasteiger partial charge in [-0.1, -0.05) is 0 Å². The summed E-state index contributed by atoms with van der Waals surface area (Å²) in [6.45, 7) is 3.91. The molecule has 6 rings (SSSR count). The molecule has 0 aliphatic carbocycles. The Morgan fingerprint density at radius 1 is 1.23 bits per heavy atom. The minimum Gasteiger partial charge on any atom is -0.458 e. The number of hydrogen-bond acceptors (Lipinski definition) is 8. The van der Waals surface area contributed by atoms with E-state index < -0.39 is 12.1 Å². The molecule has 1 saturated heterocycles. The largest absolute Gasteiger partial charge is 0.458 e. The maximum Gasteiger partial charge on any atom is 0.340 e. The number of aliphatic hydroxyl groups is 2. The number of aryl methyl sites for hydroxylation is 1. The third-order valence-corrected chi connectivity index (χ3v) is 7.16. The summed E-state index contributed by atoms with van der Waals surface area (Å²) in [5.41, 5.74) is 3.89. The summed E-state index contributed by atoms with van der Waals surface area (Å²) in [6.07, 6.45) is -1.82. The first-order chi connectivity index (χ1) is 16.9. The zero-order valence-corrected chi connectivity index (χ0v) is 19.1. The van der Waals surface area contributed by atoms with Crippen LogP contribution in [0.5, 0.6) is 0 Å². The number of rotatable bonds is 3. The van der Waals surface area contributed by atoms with Crippen molar-refractivity contribution in [3.63, 3.8) is 0 Å². The standard InChI is InChI=1S/C25H24FN3O6/c1-12-4-14-16(8-28-2-3-34-13(7-28)10-30)17-9-29-21(22(17)27-20(14)6-19(12)26)5-15-18(24(29)32)11-35-25(33)23(15)31/h4-6,13,23,30-31H,2-3,7-11H2,1H3/t13?,23-/m0/s1. The Labute approximate surface area is 199 Å². The van der Waals surface area contributed by atoms with Crippen LogP contribution in [0.4, 0.5) is 4.39 Å². The van der Waals surface area contributed by atoms with Gasteiger partial charge in [-0.15, -0.1) is 0 Å². The van der Waals surface area contributed by atoms with Crippen molar-refractivity contribution in [2.75, 3.05) is 26.3 Å². The van der Waals surface area contributed by atoms with Crippen LogP contribution in [0.2, 0.25) is 0 Å². The summed E-state index contributed by atoms with van der Waals surface area (Å²) in [6, 6.07) is 4.80. The topological polar surface area (TPSA) is 114 Å². The van der Waals surface area contributed by atoms with E-state index in [-0.39, 0.29) is 48.4 Å². The van der Waals surface area contributed by atoms with Crippen LogP contribution in [0.15, 0.2) is 23.0 Å². The molecule has 10 heteroatoms. The number of carbonyl (C=O) groups is 1. The van der Waals surface area contributed by atoms with E-state index in [0.29, 0.717) is 48.7 Å². The summed E-state index contributed by atoms with van der Waals surface area (Å²) < 4.78 is 26.7. The van der Waals surface area contributed by atoms with Crippen molar-refractivity contribution in [2.45, 2.75) is 38.8 Å². The van der Waals surface area contributed by atoms with Gasteiger partial charge < -0.3 is 24.3 Å². The van der Waals surface area contributed by atoms with E-state index in [2.05, 4.69) is 4.90 Å². The number of ether oxygens (including phenoxy) is 2. The average molecular weight is 481 g/mol. The number of fused-ring (bicyclic) bond motifs is 5. The second-order valence-corrected chi connectivity index (χ2v) is 9.31. The number of esters is 1. The molecular weight excluding hydrogens is 457 g/mol. The van der Waals surface area contributed by atoms with Crippen molar-refractivity contribution in [1.29, 1.82) is 0 Å². The summed E-state index contributed by atoms with van der Waals surface area (Å²) in [4.78, 5) is 32.2. The van der Waals surface area contributed by atoms with Crippen molar-refractivity contribution in [1.82, 2.24) is 14.5 Å². The lowest BCUT2D eigenvalue weighted by Crippen LogP contribution is -2.43. The fourth-order valence-corrected chi connectivity index (χ4v) is 5.28. The molecular formula is C25H24FN3O6. The predicted molar refractivity (Wildman–Crippen MR) is 122 cm³/mol. The van der Waals surface area contributed by atoms with E-state index >= 15 is 0 Å². The third kappa shape index (κ3) is 3.48. The van der Waals surface area contributed by atoms with E-state index in [1.54, 1.807) is 23.6 Å². The first-order valence-electron chi connectivity index (χ1n) is 11.5. The molecule has 1 aromatic carbocycles. The molecule has 3 aliphatic heterocycles. The van der Waals surface area contributed by atoms with Gasteiger partial charge >= 0.3 is 5.97 Å². The molecule has 3 aliphatic rings. The van der Waals surface area contributed by atoms with Gasteiger partial charge in [-0.2, -0.15) is 0 Å². The second-order valence-electron chi connectivity index (χ2n) is 9.31. The second kappa shape index (κ2) is 8.20. The average Bonchev–Trinajstić information content (AvgIpc) is 3.22. The van der Waals surface area contributed by atoms with Gasteiger partial charge in [0.1, 0.15) is 12.4 Å². The number of carbonyl (C=O) groups excluding carboxylic acids is 1. The van der Waals surface area contributed by atoms with Crippen molar-refractivity contribution < 1.29 is 28.9 Å². The molecule has 0 saturated carbocycles. The Bertz CT molecular complexity index is 1450. The molecule has 0 amide bonds. The van der Waals surface area contributed by atoms with E-state index in [1.165, 1.54) is 6.07 Å². The zero-order chi connectivity index (χ0) is 24.4. The van der Waals surface area contributed by atoms with Crippen LogP contribution in [0.3, 0.4) is 0 Å². The Balaban J connectivity index is 1.55. The number of morpholine rings is 1. The highest BCUT2D eigenvalue weighted by Gasteiger charge is 2.35. The van der Waals surface area contributed by atoms with Crippen LogP contribution in [-0.2, 0) is 34.0 Å². The Morgan fingerprint density at radius 3 is 2.86 bits per heavy atom. The van der Waals surface area contributed by atoms with E-state index in [1.807, 2.05) is 0 Å². The third-order valence-electron chi connectivity index (χ3n) is 7.16. The molecule has 0 bridgehead atoms. The lowest BCUT2D eigenvalue weighted by atomic mass is 9.97. The molecule has 182 valence electrons. The normalized spacial score (nSPS) is 21.5. The van der Waals surface area contributed by atoms with Gasteiger partial charge in [-0.25, -0.2) is 14.2 Å². The summed E-state index contributed by atoms with van der Waals surface area (Å²) in [5.74, 6) is -1.17. The van der Waals surface area contributed by atoms with Crippen molar-refractivity contribution >= 4 is 16.9 Å². The van der Waals surface area contributed by atoms with E-state index in [0.717, 1.165) is 16.5 Å². The SMILES string of the molecule is Cc1cc2c(CN3CCOC(CO)C3)c3c(nc2cc1F)-c1cc2c(c(=O)n1C3)COC(=O)[C@H]2O. The Kier molecular flexibility index (Phi) is 5.22. The Hall–Kier alpha value is -3.18. The maximum absolute atomic E-state index is 14.5. The number of nitrogens with zero attached hydrogens (tertiary/aromatic N) is 3. The van der Waals surface area contributed by atoms with E-state index in [4.69, 9.17) is 14.5 Å². The first kappa shape index (κ1) is 22.3. The number of hydrogen-bond donors (Lipinski definition) is 2. The van der Waals surface area contributed by atoms with Crippen LogP contribution in [0.1, 0.15) is 33.9 Å². The summed E-state index contributed by atoms with van der Waals surface area (Å²) in [7, 11) is 0. The van der Waals surface area contributed by atoms with Crippen LogP contribution < -0.4 is 5.56 Å². The minimum absolute atomic E-state index is 0.0779. The first-order valence-corrected chi connectivity index (χ1v) is 11.5. The fraction of sp³-hybridized carbons (Fsp3) is 0.400. The van der Waals surface area contributed by atoms with Gasteiger partial charge in [0.25, 0.3) is 5.56 Å². The smallest absolute Gasteiger partial charge is 0.340 e. The van der Waals surface area contributed by atoms with Crippen LogP contribution in [0.25, 0.3) is 22.3 Å². The van der Waals surface area contributed by atoms with Gasteiger partial charge in [0, 0.05) is 42.2 Å². The molecule has 5 heterocycles. The quantitative estimate of drug-likeness (QED) is 0.419. The molecule has 35 heavy (non-hydrogen) atoms. The summed E-state index contributed by atoms with van der Waals surface area (Å²) in [5, 5.41) is 20.7. The van der Waals surface area contributed by atoms with Gasteiger partial charge in [0.05, 0.1) is 48.3 Å². The van der Waals surface area contributed by atoms with Gasteiger partial charge in [-0.05, 0) is 30.2 Å². The molecule has 1 unspecified atom stereocenters. The van der Waals surface area contributed by atoms with Gasteiger partial charge in [0.2, 0.25) is 0 Å². The van der Waals surface area contributed by atoms with Crippen LogP contribution in [0, 0.1) is 12.7 Å². The Morgan fingerprint density at radius 2 is 2.06 bits per heavy atom. The highest BCUT2D eigenvalue weighted by molar-refractivity contribution is 5.89. The number of cyclic esters (lactones) is 1. The molecule has 1 fully saturated rings. The molecule has 2 N–H and O–H groups in total. The monoisotopic (exact) mass is 481 g/mol. The van der Waals surface area contributed by atoms with E-state index in [9.17, 15) is 24.2 Å². The lowest BCUT2D eigenvalue weighted by Gasteiger charge is -2.32. The number of benzene rings is 1. The molecule has 2 atom stereocenters. The highest BCUT2D eigenvalue weighted by atomic mass is 19.1. The molecule has 9 nitrogen and oxygen atoms in total. The van der Waals surface area contributed by atoms with Crippen LogP contribution in [-0.4, -0.2) is 63.0 Å². The van der Waals surface area contributed by atoms with Crippen LogP contribution >= 0.6 is 0 Å². The van der Waals surface area contributed by atoms with Crippen molar-refractivity contribution in [3.8, 4) is 11.4 Å². The zero-order valence-electron chi connectivity index (χ0n) is 19.1. The van der Waals surface area contributed by atoms with Gasteiger partial charge in [0.15, 0.2) is 6.10 Å². The lowest BCUT2D eigenvalue weighted by molar-refractivity contribution is -0.157. The summed E-state index contributed by atoms with van der Waals surface area (Å²) >= 11 is 0. The minimum atomic E-state index is -1.54. The van der Waals surface area contributed by atoms with Gasteiger partial charge in [-0.3, -0.25) is 9.69 Å². The fourth-order valence-electron chi connectivity index (χ4n) is 5.28. The molecule has 0 radical (unpaired) electrons. The number of halogens is 1. The maximum atomic E-state index is 14.5. The molecule has 2 aromatic heterocycles. The van der Waals surface area contributed by atoms with Crippen molar-refractivity contribution in [3.05, 3.63) is 62.2 Å². The number of aromatic nitrogens is 2. The molecule has 0 spiro atoms. The highest BCUT2D eigenvalue weighted by Crippen LogP contribution is 2.39. The number of pyridine rings is 2. The number of aliphatic hydroxyl groups excluding tert-OH is 2. The predicted octanol–water partition coefficient (Wildman–Crippen LogP) is 1.16.